The molecule has 1 unspecified atom stereocenters. The molecule has 1 aliphatic heterocycles. The maximum atomic E-state index is 12.4. The van der Waals surface area contributed by atoms with Crippen molar-refractivity contribution in [3.63, 3.8) is 0 Å². The topological polar surface area (TPSA) is 66.8 Å². The van der Waals surface area contributed by atoms with Crippen LogP contribution in [0, 0.1) is 0 Å². The van der Waals surface area contributed by atoms with Gasteiger partial charge in [0.2, 0.25) is 0 Å². The standard InChI is InChI=1S/C12H9O4P/c13-9-6-7-10-12(11(9)14)17(10,15)16-8-4-2-1-3-5-8/h1-7,13-14H. The van der Waals surface area contributed by atoms with Gasteiger partial charge in [0.1, 0.15) is 11.1 Å². The van der Waals surface area contributed by atoms with E-state index in [4.69, 9.17) is 4.52 Å². The van der Waals surface area contributed by atoms with Crippen LogP contribution in [0.1, 0.15) is 0 Å². The molecular formula is C12H9O4P. The Labute approximate surface area is 97.6 Å². The molecule has 0 amide bonds. The summed E-state index contributed by atoms with van der Waals surface area (Å²) >= 11 is 0. The van der Waals surface area contributed by atoms with Crippen molar-refractivity contribution < 1.29 is 19.3 Å². The molecule has 0 radical (unpaired) electrons. The molecular weight excluding hydrogens is 239 g/mol. The third-order valence-corrected chi connectivity index (χ3v) is 4.94. The number of phenols is 2. The van der Waals surface area contributed by atoms with Gasteiger partial charge in [0.05, 0.1) is 5.30 Å². The summed E-state index contributed by atoms with van der Waals surface area (Å²) in [6, 6.07) is 11.6. The van der Waals surface area contributed by atoms with Crippen LogP contribution in [0.5, 0.6) is 17.2 Å². The van der Waals surface area contributed by atoms with Crippen LogP contribution in [0.3, 0.4) is 0 Å². The Morgan fingerprint density at radius 3 is 2.41 bits per heavy atom. The van der Waals surface area contributed by atoms with Gasteiger partial charge < -0.3 is 14.7 Å². The molecule has 4 nitrogen and oxygen atoms in total. The second-order valence-electron chi connectivity index (χ2n) is 3.76. The Morgan fingerprint density at radius 1 is 1.00 bits per heavy atom. The van der Waals surface area contributed by atoms with Crippen molar-refractivity contribution >= 4 is 18.0 Å². The average Bonchev–Trinajstić information content (AvgIpc) is 2.91. The third kappa shape index (κ3) is 1.41. The number of aromatic hydroxyl groups is 2. The Balaban J connectivity index is 1.98. The molecule has 0 fully saturated rings. The van der Waals surface area contributed by atoms with Crippen LogP contribution in [0.15, 0.2) is 42.5 Å². The maximum Gasteiger partial charge on any atom is 0.312 e. The molecule has 2 aromatic rings. The molecule has 0 saturated carbocycles. The van der Waals surface area contributed by atoms with Crippen LogP contribution < -0.4 is 15.1 Å². The maximum absolute atomic E-state index is 12.4. The molecule has 0 aliphatic carbocycles. The van der Waals surface area contributed by atoms with Crippen molar-refractivity contribution in [2.75, 3.05) is 0 Å². The van der Waals surface area contributed by atoms with Crippen molar-refractivity contribution in [2.24, 2.45) is 0 Å². The van der Waals surface area contributed by atoms with Gasteiger partial charge in [-0.2, -0.15) is 0 Å². The van der Waals surface area contributed by atoms with Crippen molar-refractivity contribution in [2.45, 2.75) is 0 Å². The summed E-state index contributed by atoms with van der Waals surface area (Å²) in [5.74, 6) is -0.147. The number of rotatable bonds is 2. The van der Waals surface area contributed by atoms with Crippen molar-refractivity contribution in [1.82, 2.24) is 0 Å². The molecule has 1 heterocycles. The lowest BCUT2D eigenvalue weighted by Crippen LogP contribution is -1.88. The summed E-state index contributed by atoms with van der Waals surface area (Å²) in [7, 11) is -3.11. The molecule has 1 atom stereocenters. The fourth-order valence-corrected chi connectivity index (χ4v) is 3.91. The zero-order valence-corrected chi connectivity index (χ0v) is 9.59. The van der Waals surface area contributed by atoms with E-state index in [1.165, 1.54) is 12.1 Å². The lowest BCUT2D eigenvalue weighted by molar-refractivity contribution is 0.407. The summed E-state index contributed by atoms with van der Waals surface area (Å²) in [6.45, 7) is 0. The number of phenolic OH excluding ortho intramolecular Hbond substituents is 2. The zero-order valence-electron chi connectivity index (χ0n) is 8.70. The van der Waals surface area contributed by atoms with E-state index in [-0.39, 0.29) is 16.8 Å². The Morgan fingerprint density at radius 2 is 1.71 bits per heavy atom. The van der Waals surface area contributed by atoms with E-state index in [0.717, 1.165) is 0 Å². The van der Waals surface area contributed by atoms with Gasteiger partial charge in [-0.3, -0.25) is 4.57 Å². The van der Waals surface area contributed by atoms with E-state index >= 15 is 0 Å². The molecule has 0 bridgehead atoms. The second-order valence-corrected chi connectivity index (χ2v) is 5.97. The second kappa shape index (κ2) is 3.28. The molecule has 3 rings (SSSR count). The minimum absolute atomic E-state index is 0.223. The Kier molecular flexibility index (Phi) is 1.98. The Bertz CT molecular complexity index is 636. The summed E-state index contributed by atoms with van der Waals surface area (Å²) in [4.78, 5) is 0. The van der Waals surface area contributed by atoms with Gasteiger partial charge in [0.25, 0.3) is 0 Å². The first kappa shape index (κ1) is 10.2. The van der Waals surface area contributed by atoms with Crippen LogP contribution in [0.25, 0.3) is 0 Å². The number of fused-ring (bicyclic) bond motifs is 1. The molecule has 0 spiro atoms. The molecule has 1 aliphatic rings. The largest absolute Gasteiger partial charge is 0.504 e. The molecule has 2 aromatic carbocycles. The minimum Gasteiger partial charge on any atom is -0.504 e. The molecule has 0 saturated heterocycles. The van der Waals surface area contributed by atoms with E-state index in [1.54, 1.807) is 24.3 Å². The van der Waals surface area contributed by atoms with Crippen molar-refractivity contribution in [3.05, 3.63) is 42.5 Å². The van der Waals surface area contributed by atoms with E-state index in [2.05, 4.69) is 0 Å². The first-order valence-corrected chi connectivity index (χ1v) is 6.66. The zero-order chi connectivity index (χ0) is 12.0. The monoisotopic (exact) mass is 248 g/mol. The Hall–Kier alpha value is -1.93. The van der Waals surface area contributed by atoms with E-state index < -0.39 is 7.37 Å². The van der Waals surface area contributed by atoms with Crippen LogP contribution in [-0.2, 0) is 4.57 Å². The first-order chi connectivity index (χ1) is 8.13. The molecule has 2 N–H and O–H groups in total. The fourth-order valence-electron chi connectivity index (χ4n) is 1.75. The quantitative estimate of drug-likeness (QED) is 0.627. The predicted octanol–water partition coefficient (Wildman–Crippen LogP) is 1.72. The summed E-state index contributed by atoms with van der Waals surface area (Å²) in [6.07, 6.45) is 0. The number of para-hydroxylation sites is 1. The van der Waals surface area contributed by atoms with Gasteiger partial charge in [-0.1, -0.05) is 18.2 Å². The average molecular weight is 248 g/mol. The van der Waals surface area contributed by atoms with Crippen molar-refractivity contribution in [3.8, 4) is 17.2 Å². The lowest BCUT2D eigenvalue weighted by Gasteiger charge is -2.03. The van der Waals surface area contributed by atoms with E-state index in [1.807, 2.05) is 6.07 Å². The number of hydrogen-bond donors (Lipinski definition) is 2. The summed E-state index contributed by atoms with van der Waals surface area (Å²) in [5, 5.41) is 19.6. The predicted molar refractivity (Wildman–Crippen MR) is 63.7 cm³/mol. The van der Waals surface area contributed by atoms with Crippen LogP contribution in [-0.4, -0.2) is 10.2 Å². The molecule has 0 aromatic heterocycles. The van der Waals surface area contributed by atoms with Gasteiger partial charge in [-0.25, -0.2) is 0 Å². The number of benzene rings is 2. The summed E-state index contributed by atoms with van der Waals surface area (Å²) in [5.41, 5.74) is 0. The third-order valence-electron chi connectivity index (χ3n) is 2.65. The summed E-state index contributed by atoms with van der Waals surface area (Å²) < 4.78 is 17.8. The SMILES string of the molecule is O=P1(Oc2ccccc2)c2ccc(O)c(O)c21. The molecule has 5 heteroatoms. The fraction of sp³-hybridized carbons (Fsp3) is 0. The molecule has 17 heavy (non-hydrogen) atoms. The van der Waals surface area contributed by atoms with E-state index in [0.29, 0.717) is 11.1 Å². The van der Waals surface area contributed by atoms with Crippen LogP contribution in [0.4, 0.5) is 0 Å². The van der Waals surface area contributed by atoms with Crippen molar-refractivity contribution in [1.29, 1.82) is 0 Å². The van der Waals surface area contributed by atoms with Gasteiger partial charge in [-0.05, 0) is 24.3 Å². The van der Waals surface area contributed by atoms with Gasteiger partial charge in [-0.15, -0.1) is 0 Å². The van der Waals surface area contributed by atoms with Crippen LogP contribution in [0.2, 0.25) is 0 Å². The van der Waals surface area contributed by atoms with Crippen LogP contribution >= 0.6 is 7.37 Å². The first-order valence-electron chi connectivity index (χ1n) is 5.04. The van der Waals surface area contributed by atoms with Gasteiger partial charge in [0.15, 0.2) is 11.5 Å². The minimum atomic E-state index is -3.11. The highest BCUT2D eigenvalue weighted by Crippen LogP contribution is 2.59. The van der Waals surface area contributed by atoms with Gasteiger partial charge in [0, 0.05) is 0 Å². The smallest absolute Gasteiger partial charge is 0.312 e. The highest BCUT2D eigenvalue weighted by atomic mass is 31.2. The highest BCUT2D eigenvalue weighted by molar-refractivity contribution is 7.85. The van der Waals surface area contributed by atoms with E-state index in [9.17, 15) is 14.8 Å². The number of hydrogen-bond acceptors (Lipinski definition) is 4. The lowest BCUT2D eigenvalue weighted by atomic mass is 10.3. The highest BCUT2D eigenvalue weighted by Gasteiger charge is 2.53. The van der Waals surface area contributed by atoms with Gasteiger partial charge >= 0.3 is 7.37 Å². The normalized spacial score (nSPS) is 20.7. The molecule has 86 valence electrons.